The number of hydrogen-bond acceptors (Lipinski definition) is 3. The Morgan fingerprint density at radius 2 is 2.16 bits per heavy atom. The van der Waals surface area contributed by atoms with Gasteiger partial charge in [0.1, 0.15) is 5.82 Å². The zero-order chi connectivity index (χ0) is 13.9. The molecule has 0 spiro atoms. The quantitative estimate of drug-likeness (QED) is 0.928. The van der Waals surface area contributed by atoms with Crippen LogP contribution in [0, 0.1) is 0 Å². The maximum atomic E-state index is 12.5. The molecule has 102 valence electrons. The Morgan fingerprint density at radius 1 is 1.37 bits per heavy atom. The summed E-state index contributed by atoms with van der Waals surface area (Å²) in [5.74, 6) is 0.221. The zero-order valence-electron chi connectivity index (χ0n) is 10.3. The van der Waals surface area contributed by atoms with Gasteiger partial charge in [-0.05, 0) is 24.1 Å². The van der Waals surface area contributed by atoms with Crippen LogP contribution in [0.2, 0.25) is 0 Å². The fraction of sp³-hybridized carbons (Fsp3) is 0.333. The molecule has 0 aliphatic carbocycles. The second-order valence-electron chi connectivity index (χ2n) is 4.13. The van der Waals surface area contributed by atoms with E-state index in [1.165, 1.54) is 0 Å². The van der Waals surface area contributed by atoms with E-state index in [9.17, 15) is 13.2 Å². The Balaban J connectivity index is 1.93. The van der Waals surface area contributed by atoms with Gasteiger partial charge in [0.25, 0.3) is 0 Å². The van der Waals surface area contributed by atoms with E-state index >= 15 is 0 Å². The van der Waals surface area contributed by atoms with E-state index in [0.717, 1.165) is 23.9 Å². The van der Waals surface area contributed by atoms with Gasteiger partial charge in [-0.2, -0.15) is 18.3 Å². The molecule has 0 radical (unpaired) electrons. The molecule has 0 amide bonds. The van der Waals surface area contributed by atoms with Crippen molar-refractivity contribution in [1.82, 2.24) is 14.8 Å². The van der Waals surface area contributed by atoms with E-state index < -0.39 is 11.7 Å². The van der Waals surface area contributed by atoms with Crippen LogP contribution in [0.15, 0.2) is 30.7 Å². The average molecular weight is 270 g/mol. The highest BCUT2D eigenvalue weighted by molar-refractivity contribution is 5.38. The van der Waals surface area contributed by atoms with Crippen molar-refractivity contribution in [3.63, 3.8) is 0 Å². The standard InChI is InChI=1S/C12H13F3N4/c1-19-8-9(7-18-19)2-4-16-11-6-10(3-5-17-11)12(13,14)15/h3,5-8H,2,4H2,1H3,(H,16,17). The van der Waals surface area contributed by atoms with Gasteiger partial charge in [0.05, 0.1) is 11.8 Å². The van der Waals surface area contributed by atoms with Gasteiger partial charge < -0.3 is 5.32 Å². The summed E-state index contributed by atoms with van der Waals surface area (Å²) in [4.78, 5) is 3.86. The van der Waals surface area contributed by atoms with Crippen molar-refractivity contribution in [1.29, 1.82) is 0 Å². The largest absolute Gasteiger partial charge is 0.416 e. The van der Waals surface area contributed by atoms with E-state index in [-0.39, 0.29) is 5.82 Å². The minimum absolute atomic E-state index is 0.221. The minimum atomic E-state index is -4.34. The topological polar surface area (TPSA) is 42.7 Å². The molecule has 0 bridgehead atoms. The van der Waals surface area contributed by atoms with Crippen molar-refractivity contribution in [2.24, 2.45) is 7.05 Å². The van der Waals surface area contributed by atoms with Crippen LogP contribution < -0.4 is 5.32 Å². The van der Waals surface area contributed by atoms with Crippen LogP contribution in [0.1, 0.15) is 11.1 Å². The van der Waals surface area contributed by atoms with Gasteiger partial charge in [-0.3, -0.25) is 4.68 Å². The van der Waals surface area contributed by atoms with Crippen molar-refractivity contribution >= 4 is 5.82 Å². The first-order valence-electron chi connectivity index (χ1n) is 5.70. The smallest absolute Gasteiger partial charge is 0.370 e. The summed E-state index contributed by atoms with van der Waals surface area (Å²) < 4.78 is 39.2. The van der Waals surface area contributed by atoms with E-state index in [1.54, 1.807) is 10.9 Å². The van der Waals surface area contributed by atoms with Crippen molar-refractivity contribution in [2.45, 2.75) is 12.6 Å². The molecule has 0 aliphatic rings. The Bertz CT molecular complexity index is 548. The maximum absolute atomic E-state index is 12.5. The molecule has 2 aromatic heterocycles. The van der Waals surface area contributed by atoms with E-state index in [2.05, 4.69) is 15.4 Å². The Hall–Kier alpha value is -2.05. The molecule has 0 unspecified atom stereocenters. The lowest BCUT2D eigenvalue weighted by Gasteiger charge is -2.09. The SMILES string of the molecule is Cn1cc(CCNc2cc(C(F)(F)F)ccn2)cn1. The van der Waals surface area contributed by atoms with Crippen molar-refractivity contribution < 1.29 is 13.2 Å². The molecule has 0 aromatic carbocycles. The number of rotatable bonds is 4. The van der Waals surface area contributed by atoms with Crippen LogP contribution in [0.25, 0.3) is 0 Å². The number of halogens is 3. The molecule has 2 heterocycles. The van der Waals surface area contributed by atoms with Gasteiger partial charge in [0, 0.05) is 26.0 Å². The number of anilines is 1. The fourth-order valence-corrected chi connectivity index (χ4v) is 1.64. The predicted octanol–water partition coefficient (Wildman–Crippen LogP) is 2.49. The minimum Gasteiger partial charge on any atom is -0.370 e. The first-order valence-corrected chi connectivity index (χ1v) is 5.70. The molecule has 1 N–H and O–H groups in total. The number of hydrogen-bond donors (Lipinski definition) is 1. The Kier molecular flexibility index (Phi) is 3.73. The molecular formula is C12H13F3N4. The number of aromatic nitrogens is 3. The van der Waals surface area contributed by atoms with Crippen molar-refractivity contribution in [3.05, 3.63) is 41.9 Å². The number of aryl methyl sites for hydroxylation is 1. The monoisotopic (exact) mass is 270 g/mol. The lowest BCUT2D eigenvalue weighted by molar-refractivity contribution is -0.137. The van der Waals surface area contributed by atoms with Crippen LogP contribution in [0.3, 0.4) is 0 Å². The van der Waals surface area contributed by atoms with Crippen LogP contribution in [-0.2, 0) is 19.6 Å². The van der Waals surface area contributed by atoms with Crippen LogP contribution in [0.5, 0.6) is 0 Å². The third-order valence-corrected chi connectivity index (χ3v) is 2.57. The molecule has 19 heavy (non-hydrogen) atoms. The van der Waals surface area contributed by atoms with E-state index in [1.807, 2.05) is 13.2 Å². The summed E-state index contributed by atoms with van der Waals surface area (Å²) in [6.45, 7) is 0.500. The van der Waals surface area contributed by atoms with Gasteiger partial charge in [-0.15, -0.1) is 0 Å². The maximum Gasteiger partial charge on any atom is 0.416 e. The number of nitrogens with zero attached hydrogens (tertiary/aromatic N) is 3. The summed E-state index contributed by atoms with van der Waals surface area (Å²) in [5, 5.41) is 6.88. The summed E-state index contributed by atoms with van der Waals surface area (Å²) in [6, 6.07) is 1.95. The van der Waals surface area contributed by atoms with Gasteiger partial charge in [-0.1, -0.05) is 0 Å². The summed E-state index contributed by atoms with van der Waals surface area (Å²) in [7, 11) is 1.81. The normalized spacial score (nSPS) is 11.6. The Morgan fingerprint density at radius 3 is 2.79 bits per heavy atom. The van der Waals surface area contributed by atoms with Crippen molar-refractivity contribution in [3.8, 4) is 0 Å². The number of alkyl halides is 3. The fourth-order valence-electron chi connectivity index (χ4n) is 1.64. The third-order valence-electron chi connectivity index (χ3n) is 2.57. The molecule has 2 aromatic rings. The molecule has 0 aliphatic heterocycles. The van der Waals surface area contributed by atoms with Crippen LogP contribution in [-0.4, -0.2) is 21.3 Å². The first kappa shape index (κ1) is 13.4. The van der Waals surface area contributed by atoms with E-state index in [0.29, 0.717) is 13.0 Å². The second kappa shape index (κ2) is 5.29. The van der Waals surface area contributed by atoms with Crippen LogP contribution in [0.4, 0.5) is 19.0 Å². The van der Waals surface area contributed by atoms with Gasteiger partial charge in [0.15, 0.2) is 0 Å². The summed E-state index contributed by atoms with van der Waals surface area (Å²) in [6.07, 6.45) is 1.06. The lowest BCUT2D eigenvalue weighted by atomic mass is 10.2. The molecule has 2 rings (SSSR count). The van der Waals surface area contributed by atoms with Gasteiger partial charge in [0.2, 0.25) is 0 Å². The number of pyridine rings is 1. The van der Waals surface area contributed by atoms with Crippen molar-refractivity contribution in [2.75, 3.05) is 11.9 Å². The molecule has 0 saturated carbocycles. The lowest BCUT2D eigenvalue weighted by Crippen LogP contribution is -2.09. The molecule has 0 fully saturated rings. The highest BCUT2D eigenvalue weighted by Gasteiger charge is 2.30. The van der Waals surface area contributed by atoms with Gasteiger partial charge in [-0.25, -0.2) is 4.98 Å². The summed E-state index contributed by atoms with van der Waals surface area (Å²) in [5.41, 5.74) is 0.313. The van der Waals surface area contributed by atoms with E-state index in [4.69, 9.17) is 0 Å². The Labute approximate surface area is 108 Å². The average Bonchev–Trinajstić information content (AvgIpc) is 2.74. The van der Waals surface area contributed by atoms with Crippen LogP contribution >= 0.6 is 0 Å². The van der Waals surface area contributed by atoms with Gasteiger partial charge >= 0.3 is 6.18 Å². The number of nitrogens with one attached hydrogen (secondary N) is 1. The zero-order valence-corrected chi connectivity index (χ0v) is 10.3. The molecule has 0 saturated heterocycles. The second-order valence-corrected chi connectivity index (χ2v) is 4.13. The molecule has 0 atom stereocenters. The third kappa shape index (κ3) is 3.70. The molecule has 4 nitrogen and oxygen atoms in total. The molecule has 7 heteroatoms. The summed E-state index contributed by atoms with van der Waals surface area (Å²) >= 11 is 0. The highest BCUT2D eigenvalue weighted by atomic mass is 19.4. The predicted molar refractivity (Wildman–Crippen MR) is 64.6 cm³/mol. The molecular weight excluding hydrogens is 257 g/mol. The first-order chi connectivity index (χ1) is 8.95. The highest BCUT2D eigenvalue weighted by Crippen LogP contribution is 2.29.